The molecule has 100 valence electrons. The van der Waals surface area contributed by atoms with Gasteiger partial charge in [-0.1, -0.05) is 29.8 Å². The molecule has 0 radical (unpaired) electrons. The average molecular weight is 280 g/mol. The summed E-state index contributed by atoms with van der Waals surface area (Å²) in [5.74, 6) is -1.17. The van der Waals surface area contributed by atoms with Crippen LogP contribution in [0, 0.1) is 5.92 Å². The minimum Gasteiger partial charge on any atom is -0.497 e. The lowest BCUT2D eigenvalue weighted by molar-refractivity contribution is -0.141. The van der Waals surface area contributed by atoms with Crippen molar-refractivity contribution in [3.05, 3.63) is 53.1 Å². The average Bonchev–Trinajstić information content (AvgIpc) is 2.38. The second-order valence-corrected chi connectivity index (χ2v) is 4.80. The Kier molecular flexibility index (Phi) is 3.64. The zero-order valence-electron chi connectivity index (χ0n) is 10.3. The summed E-state index contributed by atoms with van der Waals surface area (Å²) in [4.78, 5) is 11.3. The highest BCUT2D eigenvalue weighted by molar-refractivity contribution is 6.31. The molecule has 0 saturated carbocycles. The first-order chi connectivity index (χ1) is 8.97. The lowest BCUT2D eigenvalue weighted by Gasteiger charge is -2.33. The molecule has 0 aromatic heterocycles. The maximum atomic E-state index is 11.3. The van der Waals surface area contributed by atoms with Crippen molar-refractivity contribution in [2.45, 2.75) is 5.54 Å². The van der Waals surface area contributed by atoms with Crippen molar-refractivity contribution < 1.29 is 14.6 Å². The first-order valence-electron chi connectivity index (χ1n) is 5.70. The Balaban J connectivity index is 2.47. The summed E-state index contributed by atoms with van der Waals surface area (Å²) >= 11 is 5.96. The Morgan fingerprint density at radius 2 is 2.05 bits per heavy atom. The molecule has 0 bridgehead atoms. The molecule has 0 spiro atoms. The van der Waals surface area contributed by atoms with Gasteiger partial charge in [-0.25, -0.2) is 0 Å². The van der Waals surface area contributed by atoms with Gasteiger partial charge in [0.2, 0.25) is 0 Å². The molecule has 1 aromatic rings. The van der Waals surface area contributed by atoms with Crippen LogP contribution in [0.25, 0.3) is 0 Å². The van der Waals surface area contributed by atoms with Crippen LogP contribution in [0.5, 0.6) is 5.75 Å². The smallest absolute Gasteiger partial charge is 0.312 e. The van der Waals surface area contributed by atoms with E-state index >= 15 is 0 Å². The van der Waals surface area contributed by atoms with E-state index in [1.807, 2.05) is 0 Å². The number of halogens is 1. The summed E-state index contributed by atoms with van der Waals surface area (Å²) in [7, 11) is 1.56. The van der Waals surface area contributed by atoms with Crippen LogP contribution in [-0.2, 0) is 10.3 Å². The Hall–Kier alpha value is -1.78. The van der Waals surface area contributed by atoms with Gasteiger partial charge in [0.05, 0.1) is 12.6 Å². The molecule has 3 N–H and O–H groups in total. The number of benzene rings is 1. The minimum absolute atomic E-state index is 0.427. The van der Waals surface area contributed by atoms with Gasteiger partial charge in [-0.15, -0.1) is 0 Å². The normalized spacial score (nSPS) is 25.8. The molecule has 5 heteroatoms. The molecule has 2 rings (SSSR count). The second-order valence-electron chi connectivity index (χ2n) is 4.37. The molecular weight excluding hydrogens is 266 g/mol. The van der Waals surface area contributed by atoms with Gasteiger partial charge in [-0.05, 0) is 29.8 Å². The van der Waals surface area contributed by atoms with Gasteiger partial charge in [-0.2, -0.15) is 0 Å². The fraction of sp³-hybridized carbons (Fsp3) is 0.214. The predicted molar refractivity (Wildman–Crippen MR) is 73.1 cm³/mol. The molecule has 2 unspecified atom stereocenters. The van der Waals surface area contributed by atoms with Gasteiger partial charge in [0, 0.05) is 5.03 Å². The van der Waals surface area contributed by atoms with Crippen LogP contribution in [-0.4, -0.2) is 18.2 Å². The van der Waals surface area contributed by atoms with E-state index in [9.17, 15) is 9.90 Å². The van der Waals surface area contributed by atoms with E-state index in [-0.39, 0.29) is 0 Å². The third kappa shape index (κ3) is 2.50. The van der Waals surface area contributed by atoms with E-state index in [1.165, 1.54) is 6.08 Å². The van der Waals surface area contributed by atoms with Crippen LogP contribution in [0.1, 0.15) is 5.56 Å². The molecule has 1 aliphatic rings. The number of methoxy groups -OCH3 is 1. The summed E-state index contributed by atoms with van der Waals surface area (Å²) in [6.45, 7) is 0. The van der Waals surface area contributed by atoms with Gasteiger partial charge in [-0.3, -0.25) is 4.79 Å². The van der Waals surface area contributed by atoms with E-state index in [2.05, 4.69) is 0 Å². The van der Waals surface area contributed by atoms with Crippen molar-refractivity contribution in [2.24, 2.45) is 11.7 Å². The van der Waals surface area contributed by atoms with Crippen molar-refractivity contribution in [3.63, 3.8) is 0 Å². The summed E-state index contributed by atoms with van der Waals surface area (Å²) in [5.41, 5.74) is 5.78. The van der Waals surface area contributed by atoms with E-state index in [4.69, 9.17) is 22.1 Å². The number of carboxylic acids is 1. The van der Waals surface area contributed by atoms with Gasteiger partial charge in [0.1, 0.15) is 11.7 Å². The molecule has 0 amide bonds. The first-order valence-corrected chi connectivity index (χ1v) is 6.08. The minimum atomic E-state index is -1.16. The number of hydrogen-bond donors (Lipinski definition) is 2. The van der Waals surface area contributed by atoms with Crippen molar-refractivity contribution in [3.8, 4) is 5.75 Å². The lowest BCUT2D eigenvalue weighted by atomic mass is 9.76. The second kappa shape index (κ2) is 5.07. The summed E-state index contributed by atoms with van der Waals surface area (Å²) in [6, 6.07) is 6.97. The largest absolute Gasteiger partial charge is 0.497 e. The lowest BCUT2D eigenvalue weighted by Crippen LogP contribution is -2.46. The molecule has 4 nitrogen and oxygen atoms in total. The number of aliphatic carboxylic acids is 1. The number of carboxylic acid groups (broad SMARTS) is 1. The topological polar surface area (TPSA) is 72.5 Å². The molecule has 0 fully saturated rings. The molecule has 1 aromatic carbocycles. The maximum Gasteiger partial charge on any atom is 0.312 e. The number of hydrogen-bond acceptors (Lipinski definition) is 3. The van der Waals surface area contributed by atoms with Gasteiger partial charge >= 0.3 is 5.97 Å². The standard InChI is InChI=1S/C14H14ClNO3/c1-19-11-5-2-9(3-6-11)14(16)8-10(15)4-7-12(14)13(17)18/h2-8,12H,16H2,1H3,(H,17,18). The summed E-state index contributed by atoms with van der Waals surface area (Å²) in [5, 5.41) is 9.72. The van der Waals surface area contributed by atoms with E-state index < -0.39 is 17.4 Å². The van der Waals surface area contributed by atoms with Gasteiger partial charge in [0.25, 0.3) is 0 Å². The van der Waals surface area contributed by atoms with Crippen molar-refractivity contribution in [2.75, 3.05) is 7.11 Å². The number of rotatable bonds is 3. The van der Waals surface area contributed by atoms with Crippen molar-refractivity contribution >= 4 is 17.6 Å². The molecule has 1 aliphatic carbocycles. The van der Waals surface area contributed by atoms with E-state index in [0.717, 1.165) is 0 Å². The fourth-order valence-corrected chi connectivity index (χ4v) is 2.40. The van der Waals surface area contributed by atoms with Crippen molar-refractivity contribution in [1.82, 2.24) is 0 Å². The summed E-state index contributed by atoms with van der Waals surface area (Å²) in [6.07, 6.45) is 4.62. The number of nitrogens with two attached hydrogens (primary N) is 1. The van der Waals surface area contributed by atoms with Crippen LogP contribution < -0.4 is 10.5 Å². The summed E-state index contributed by atoms with van der Waals surface area (Å²) < 4.78 is 5.07. The van der Waals surface area contributed by atoms with Crippen LogP contribution in [0.2, 0.25) is 0 Å². The van der Waals surface area contributed by atoms with Crippen LogP contribution in [0.15, 0.2) is 47.5 Å². The zero-order valence-corrected chi connectivity index (χ0v) is 11.1. The van der Waals surface area contributed by atoms with Gasteiger partial charge in [0.15, 0.2) is 0 Å². The Morgan fingerprint density at radius 1 is 1.42 bits per heavy atom. The molecular formula is C14H14ClNO3. The SMILES string of the molecule is COc1ccc(C2(N)C=C(Cl)C=CC2C(=O)O)cc1. The third-order valence-electron chi connectivity index (χ3n) is 3.20. The van der Waals surface area contributed by atoms with Crippen LogP contribution in [0.3, 0.4) is 0 Å². The molecule has 0 heterocycles. The molecule has 2 atom stereocenters. The highest BCUT2D eigenvalue weighted by Crippen LogP contribution is 2.36. The van der Waals surface area contributed by atoms with E-state index in [1.54, 1.807) is 43.5 Å². The molecule has 19 heavy (non-hydrogen) atoms. The van der Waals surface area contributed by atoms with Gasteiger partial charge < -0.3 is 15.6 Å². The van der Waals surface area contributed by atoms with Crippen LogP contribution >= 0.6 is 11.6 Å². The highest BCUT2D eigenvalue weighted by atomic mass is 35.5. The van der Waals surface area contributed by atoms with Crippen molar-refractivity contribution in [1.29, 1.82) is 0 Å². The number of carbonyl (C=O) groups is 1. The quantitative estimate of drug-likeness (QED) is 0.890. The monoisotopic (exact) mass is 279 g/mol. The Bertz CT molecular complexity index is 550. The third-order valence-corrected chi connectivity index (χ3v) is 3.43. The Labute approximate surface area is 116 Å². The molecule has 0 aliphatic heterocycles. The zero-order chi connectivity index (χ0) is 14.0. The molecule has 0 saturated heterocycles. The first kappa shape index (κ1) is 13.6. The van der Waals surface area contributed by atoms with Crippen LogP contribution in [0.4, 0.5) is 0 Å². The Morgan fingerprint density at radius 3 is 2.58 bits per heavy atom. The predicted octanol–water partition coefficient (Wildman–Crippen LogP) is 2.24. The highest BCUT2D eigenvalue weighted by Gasteiger charge is 2.40. The maximum absolute atomic E-state index is 11.3. The number of allylic oxidation sites excluding steroid dienone is 2. The van der Waals surface area contributed by atoms with E-state index in [0.29, 0.717) is 16.3 Å². The fourth-order valence-electron chi connectivity index (χ4n) is 2.14. The number of ether oxygens (including phenoxy) is 1.